The van der Waals surface area contributed by atoms with E-state index in [-0.39, 0.29) is 0 Å². The summed E-state index contributed by atoms with van der Waals surface area (Å²) in [4.78, 5) is 7.48. The van der Waals surface area contributed by atoms with Crippen LogP contribution in [0, 0.1) is 0 Å². The lowest BCUT2D eigenvalue weighted by Crippen LogP contribution is -2.10. The average molecular weight is 704 g/mol. The monoisotopic (exact) mass is 703 g/mol. The first-order valence-electron chi connectivity index (χ1n) is 18.6. The van der Waals surface area contributed by atoms with Crippen LogP contribution in [-0.4, -0.2) is 9.55 Å². The van der Waals surface area contributed by atoms with Crippen molar-refractivity contribution in [3.63, 3.8) is 0 Å². The van der Waals surface area contributed by atoms with Crippen LogP contribution in [0.5, 0.6) is 0 Å². The van der Waals surface area contributed by atoms with E-state index in [2.05, 4.69) is 179 Å². The third kappa shape index (κ3) is 5.19. The van der Waals surface area contributed by atoms with Crippen LogP contribution >= 0.6 is 0 Å². The molecular formula is C51H33N3O. The van der Waals surface area contributed by atoms with Crippen molar-refractivity contribution in [3.05, 3.63) is 200 Å². The van der Waals surface area contributed by atoms with Crippen LogP contribution in [0.4, 0.5) is 17.1 Å². The minimum Gasteiger partial charge on any atom is -0.434 e. The molecule has 0 spiro atoms. The highest BCUT2D eigenvalue weighted by Gasteiger charge is 2.23. The van der Waals surface area contributed by atoms with E-state index in [1.807, 2.05) is 30.3 Å². The number of oxazole rings is 1. The predicted octanol–water partition coefficient (Wildman–Crippen LogP) is 14.0. The molecule has 4 nitrogen and oxygen atoms in total. The molecule has 11 rings (SSSR count). The fourth-order valence-electron chi connectivity index (χ4n) is 8.15. The van der Waals surface area contributed by atoms with Crippen molar-refractivity contribution in [1.29, 1.82) is 0 Å². The molecule has 4 heteroatoms. The summed E-state index contributed by atoms with van der Waals surface area (Å²) < 4.78 is 9.17. The zero-order valence-corrected chi connectivity index (χ0v) is 29.8. The average Bonchev–Trinajstić information content (AvgIpc) is 3.85. The largest absolute Gasteiger partial charge is 0.434 e. The Hall–Kier alpha value is -7.43. The van der Waals surface area contributed by atoms with Crippen LogP contribution in [0.15, 0.2) is 205 Å². The molecule has 258 valence electrons. The van der Waals surface area contributed by atoms with Gasteiger partial charge in [0.15, 0.2) is 5.58 Å². The number of hydrogen-bond donors (Lipinski definition) is 0. The van der Waals surface area contributed by atoms with Crippen LogP contribution in [0.25, 0.3) is 82.7 Å². The molecule has 0 saturated carbocycles. The maximum absolute atomic E-state index is 6.81. The SMILES string of the molecule is c1ccc(-c2nc3c(o2)c(N(c2ccc(-c4ccc5ccccc5c4)cc2)c2ccc4c(c2)c2ccccc2n4-c2ccccc2)cc2ccccc23)cc1. The molecule has 0 saturated heterocycles. The molecule has 0 amide bonds. The molecule has 2 aromatic heterocycles. The smallest absolute Gasteiger partial charge is 0.227 e. The molecule has 0 atom stereocenters. The van der Waals surface area contributed by atoms with Crippen LogP contribution in [0.2, 0.25) is 0 Å². The van der Waals surface area contributed by atoms with Crippen molar-refractivity contribution in [2.75, 3.05) is 4.90 Å². The van der Waals surface area contributed by atoms with Gasteiger partial charge >= 0.3 is 0 Å². The highest BCUT2D eigenvalue weighted by atomic mass is 16.3. The summed E-state index contributed by atoms with van der Waals surface area (Å²) in [5, 5.41) is 6.99. The number of aromatic nitrogens is 2. The van der Waals surface area contributed by atoms with Crippen molar-refractivity contribution in [2.45, 2.75) is 0 Å². The number of nitrogens with zero attached hydrogens (tertiary/aromatic N) is 3. The van der Waals surface area contributed by atoms with Gasteiger partial charge < -0.3 is 13.9 Å². The van der Waals surface area contributed by atoms with E-state index < -0.39 is 0 Å². The van der Waals surface area contributed by atoms with Crippen molar-refractivity contribution in [2.24, 2.45) is 0 Å². The Morgan fingerprint density at radius 1 is 0.418 bits per heavy atom. The molecule has 55 heavy (non-hydrogen) atoms. The van der Waals surface area contributed by atoms with Gasteiger partial charge in [-0.2, -0.15) is 0 Å². The van der Waals surface area contributed by atoms with Crippen molar-refractivity contribution >= 4 is 71.5 Å². The topological polar surface area (TPSA) is 34.2 Å². The predicted molar refractivity (Wildman–Crippen MR) is 229 cm³/mol. The highest BCUT2D eigenvalue weighted by Crippen LogP contribution is 2.45. The summed E-state index contributed by atoms with van der Waals surface area (Å²) in [6, 6.07) is 71.0. The number of fused-ring (bicyclic) bond motifs is 7. The Labute approximate surface area is 317 Å². The lowest BCUT2D eigenvalue weighted by atomic mass is 10.0. The molecule has 9 aromatic carbocycles. The summed E-state index contributed by atoms with van der Waals surface area (Å²) in [7, 11) is 0. The van der Waals surface area contributed by atoms with Crippen LogP contribution < -0.4 is 4.90 Å². The lowest BCUT2D eigenvalue weighted by Gasteiger charge is -2.26. The summed E-state index contributed by atoms with van der Waals surface area (Å²) in [5.41, 5.74) is 11.3. The molecule has 0 aliphatic heterocycles. The minimum absolute atomic E-state index is 0.598. The Bertz CT molecular complexity index is 3200. The standard InChI is InChI=1S/C51H33N3O/c1-3-14-36(15-4-1)51-52-49-43-20-10-9-17-39(43)32-48(50(49)55-51)53(41-27-25-35(26-28-41)38-24-23-34-13-7-8-16-37(34)31-38)42-29-30-47-45(33-42)44-21-11-12-22-46(44)54(47)40-18-5-2-6-19-40/h1-33H. The van der Waals surface area contributed by atoms with Gasteiger partial charge in [0, 0.05) is 38.8 Å². The first-order chi connectivity index (χ1) is 27.3. The van der Waals surface area contributed by atoms with Crippen molar-refractivity contribution in [1.82, 2.24) is 9.55 Å². The van der Waals surface area contributed by atoms with Gasteiger partial charge in [-0.05, 0) is 100 Å². The first kappa shape index (κ1) is 31.1. The normalized spacial score (nSPS) is 11.6. The quantitative estimate of drug-likeness (QED) is 0.173. The third-order valence-electron chi connectivity index (χ3n) is 10.8. The van der Waals surface area contributed by atoms with Crippen molar-refractivity contribution in [3.8, 4) is 28.3 Å². The lowest BCUT2D eigenvalue weighted by molar-refractivity contribution is 0.620. The summed E-state index contributed by atoms with van der Waals surface area (Å²) in [6.45, 7) is 0. The molecule has 0 aliphatic rings. The van der Waals surface area contributed by atoms with Gasteiger partial charge in [0.25, 0.3) is 0 Å². The third-order valence-corrected chi connectivity index (χ3v) is 10.8. The van der Waals surface area contributed by atoms with E-state index in [1.165, 1.54) is 32.6 Å². The number of hydrogen-bond acceptors (Lipinski definition) is 3. The Kier molecular flexibility index (Phi) is 7.14. The molecule has 0 unspecified atom stereocenters. The highest BCUT2D eigenvalue weighted by molar-refractivity contribution is 6.13. The second-order valence-electron chi connectivity index (χ2n) is 14.0. The fourth-order valence-corrected chi connectivity index (χ4v) is 8.15. The molecule has 0 radical (unpaired) electrons. The van der Waals surface area contributed by atoms with E-state index in [1.54, 1.807) is 0 Å². The second-order valence-corrected chi connectivity index (χ2v) is 14.0. The van der Waals surface area contributed by atoms with E-state index in [0.717, 1.165) is 61.3 Å². The molecular weight excluding hydrogens is 671 g/mol. The Morgan fingerprint density at radius 2 is 1.05 bits per heavy atom. The molecule has 0 aliphatic carbocycles. The summed E-state index contributed by atoms with van der Waals surface area (Å²) in [6.07, 6.45) is 0. The first-order valence-corrected chi connectivity index (χ1v) is 18.6. The van der Waals surface area contributed by atoms with Gasteiger partial charge in [-0.3, -0.25) is 0 Å². The molecule has 0 bridgehead atoms. The van der Waals surface area contributed by atoms with Gasteiger partial charge in [-0.1, -0.05) is 127 Å². The Balaban J connectivity index is 1.15. The molecule has 0 N–H and O–H groups in total. The van der Waals surface area contributed by atoms with Crippen LogP contribution in [-0.2, 0) is 0 Å². The Morgan fingerprint density at radius 3 is 1.87 bits per heavy atom. The van der Waals surface area contributed by atoms with E-state index in [9.17, 15) is 0 Å². The maximum Gasteiger partial charge on any atom is 0.227 e. The van der Waals surface area contributed by atoms with Gasteiger partial charge in [0.2, 0.25) is 5.89 Å². The van der Waals surface area contributed by atoms with E-state index in [0.29, 0.717) is 5.89 Å². The van der Waals surface area contributed by atoms with E-state index in [4.69, 9.17) is 9.40 Å². The summed E-state index contributed by atoms with van der Waals surface area (Å²) >= 11 is 0. The molecule has 11 aromatic rings. The van der Waals surface area contributed by atoms with Gasteiger partial charge in [-0.25, -0.2) is 4.98 Å². The second kappa shape index (κ2) is 12.6. The maximum atomic E-state index is 6.81. The molecule has 2 heterocycles. The van der Waals surface area contributed by atoms with Crippen molar-refractivity contribution < 1.29 is 4.42 Å². The number of para-hydroxylation sites is 2. The van der Waals surface area contributed by atoms with Crippen LogP contribution in [0.3, 0.4) is 0 Å². The summed E-state index contributed by atoms with van der Waals surface area (Å²) in [5.74, 6) is 0.598. The molecule has 0 fully saturated rings. The zero-order valence-electron chi connectivity index (χ0n) is 29.8. The van der Waals surface area contributed by atoms with Crippen LogP contribution in [0.1, 0.15) is 0 Å². The van der Waals surface area contributed by atoms with Gasteiger partial charge in [0.05, 0.1) is 16.7 Å². The van der Waals surface area contributed by atoms with E-state index >= 15 is 0 Å². The minimum atomic E-state index is 0.598. The van der Waals surface area contributed by atoms with Gasteiger partial charge in [0.1, 0.15) is 5.52 Å². The number of benzene rings is 9. The number of rotatable bonds is 6. The van der Waals surface area contributed by atoms with Gasteiger partial charge in [-0.15, -0.1) is 0 Å². The number of anilines is 3. The zero-order chi connectivity index (χ0) is 36.3. The fraction of sp³-hybridized carbons (Fsp3) is 0.